The second kappa shape index (κ2) is 7.92. The van der Waals surface area contributed by atoms with Gasteiger partial charge in [-0.1, -0.05) is 38.8 Å². The van der Waals surface area contributed by atoms with Gasteiger partial charge in [-0.2, -0.15) is 5.26 Å². The quantitative estimate of drug-likeness (QED) is 0.619. The predicted molar refractivity (Wildman–Crippen MR) is 74.9 cm³/mol. The highest BCUT2D eigenvalue weighted by molar-refractivity contribution is 5.85. The van der Waals surface area contributed by atoms with Crippen LogP contribution in [0.4, 0.5) is 0 Å². The van der Waals surface area contributed by atoms with Gasteiger partial charge >= 0.3 is 0 Å². The molecule has 0 heterocycles. The fourth-order valence-corrected chi connectivity index (χ4v) is 2.31. The molecule has 3 heteroatoms. The Morgan fingerprint density at radius 3 is 2.06 bits per heavy atom. The summed E-state index contributed by atoms with van der Waals surface area (Å²) in [5, 5.41) is 9.47. The van der Waals surface area contributed by atoms with Crippen molar-refractivity contribution in [3.05, 3.63) is 12.2 Å². The summed E-state index contributed by atoms with van der Waals surface area (Å²) in [6.07, 6.45) is 2.99. The van der Waals surface area contributed by atoms with Crippen molar-refractivity contribution < 1.29 is 4.79 Å². The van der Waals surface area contributed by atoms with Gasteiger partial charge in [0.25, 0.3) is 0 Å². The number of carbonyl (C=O) groups is 1. The Kier molecular flexibility index (Phi) is 7.35. The lowest BCUT2D eigenvalue weighted by Crippen LogP contribution is -2.44. The molecule has 0 radical (unpaired) electrons. The summed E-state index contributed by atoms with van der Waals surface area (Å²) in [5.41, 5.74) is 0.111. The van der Waals surface area contributed by atoms with Crippen molar-refractivity contribution >= 4 is 5.91 Å². The molecule has 0 unspecified atom stereocenters. The van der Waals surface area contributed by atoms with Crippen LogP contribution in [0.1, 0.15) is 53.4 Å². The fourth-order valence-electron chi connectivity index (χ4n) is 2.31. The van der Waals surface area contributed by atoms with Gasteiger partial charge in [0.1, 0.15) is 5.41 Å². The van der Waals surface area contributed by atoms with Gasteiger partial charge in [-0.15, -0.1) is 0 Å². The number of hydrogen-bond donors (Lipinski definition) is 0. The van der Waals surface area contributed by atoms with Crippen LogP contribution in [0.15, 0.2) is 12.2 Å². The van der Waals surface area contributed by atoms with E-state index < -0.39 is 5.41 Å². The molecular weight excluding hydrogens is 224 g/mol. The van der Waals surface area contributed by atoms with Gasteiger partial charge in [-0.25, -0.2) is 0 Å². The maximum atomic E-state index is 12.6. The van der Waals surface area contributed by atoms with Crippen molar-refractivity contribution in [2.45, 2.75) is 53.4 Å². The van der Waals surface area contributed by atoms with E-state index in [9.17, 15) is 10.1 Å². The summed E-state index contributed by atoms with van der Waals surface area (Å²) in [4.78, 5) is 14.4. The topological polar surface area (TPSA) is 44.1 Å². The van der Waals surface area contributed by atoms with Crippen LogP contribution in [0.3, 0.4) is 0 Å². The molecule has 0 aliphatic rings. The van der Waals surface area contributed by atoms with Crippen molar-refractivity contribution in [2.24, 2.45) is 5.41 Å². The predicted octanol–water partition coefficient (Wildman–Crippen LogP) is 3.52. The number of hydrogen-bond acceptors (Lipinski definition) is 2. The van der Waals surface area contributed by atoms with Crippen LogP contribution in [0, 0.1) is 16.7 Å². The normalized spacial score (nSPS) is 10.8. The van der Waals surface area contributed by atoms with Crippen LogP contribution >= 0.6 is 0 Å². The van der Waals surface area contributed by atoms with Crippen LogP contribution in [-0.4, -0.2) is 23.9 Å². The second-order valence-corrected chi connectivity index (χ2v) is 4.97. The number of carbonyl (C=O) groups excluding carboxylic acids is 1. The largest absolute Gasteiger partial charge is 0.338 e. The Hall–Kier alpha value is -1.30. The second-order valence-electron chi connectivity index (χ2n) is 4.97. The Morgan fingerprint density at radius 2 is 1.78 bits per heavy atom. The first-order chi connectivity index (χ1) is 8.47. The smallest absolute Gasteiger partial charge is 0.243 e. The first-order valence-electron chi connectivity index (χ1n) is 6.82. The van der Waals surface area contributed by atoms with E-state index in [4.69, 9.17) is 0 Å². The number of nitrogens with zero attached hydrogens (tertiary/aromatic N) is 2. The molecule has 102 valence electrons. The third kappa shape index (κ3) is 4.18. The standard InChI is InChI=1S/C15H26N2O/c1-6-9-15(12-16,10-7-2)14(18)17(8-3)11-13(4)5/h4,6-11H2,1-3,5H3. The summed E-state index contributed by atoms with van der Waals surface area (Å²) in [6.45, 7) is 12.9. The summed E-state index contributed by atoms with van der Waals surface area (Å²) >= 11 is 0. The van der Waals surface area contributed by atoms with Gasteiger partial charge < -0.3 is 4.90 Å². The average molecular weight is 250 g/mol. The minimum atomic E-state index is -0.838. The average Bonchev–Trinajstić information content (AvgIpc) is 2.34. The zero-order valence-corrected chi connectivity index (χ0v) is 12.3. The van der Waals surface area contributed by atoms with E-state index in [2.05, 4.69) is 12.6 Å². The highest BCUT2D eigenvalue weighted by Gasteiger charge is 2.39. The number of likely N-dealkylation sites (N-methyl/N-ethyl adjacent to an activating group) is 1. The monoisotopic (exact) mass is 250 g/mol. The molecule has 1 amide bonds. The van der Waals surface area contributed by atoms with Crippen LogP contribution in [0.5, 0.6) is 0 Å². The molecule has 0 rings (SSSR count). The highest BCUT2D eigenvalue weighted by Crippen LogP contribution is 2.31. The van der Waals surface area contributed by atoms with Gasteiger partial charge in [-0.05, 0) is 26.7 Å². The van der Waals surface area contributed by atoms with Crippen molar-refractivity contribution in [2.75, 3.05) is 13.1 Å². The van der Waals surface area contributed by atoms with E-state index >= 15 is 0 Å². The molecule has 0 aromatic rings. The molecule has 0 spiro atoms. The maximum Gasteiger partial charge on any atom is 0.243 e. The lowest BCUT2D eigenvalue weighted by molar-refractivity contribution is -0.139. The van der Waals surface area contributed by atoms with Gasteiger partial charge in [0.05, 0.1) is 6.07 Å². The molecule has 0 saturated carbocycles. The van der Waals surface area contributed by atoms with E-state index in [-0.39, 0.29) is 5.91 Å². The molecule has 0 fully saturated rings. The Bertz CT molecular complexity index is 322. The van der Waals surface area contributed by atoms with Gasteiger partial charge in [0, 0.05) is 13.1 Å². The molecule has 0 saturated heterocycles. The zero-order chi connectivity index (χ0) is 14.2. The maximum absolute atomic E-state index is 12.6. The van der Waals surface area contributed by atoms with Crippen LogP contribution in [0.25, 0.3) is 0 Å². The summed E-state index contributed by atoms with van der Waals surface area (Å²) < 4.78 is 0. The minimum absolute atomic E-state index is 0.0285. The van der Waals surface area contributed by atoms with E-state index in [0.717, 1.165) is 18.4 Å². The highest BCUT2D eigenvalue weighted by atomic mass is 16.2. The molecule has 0 aromatic heterocycles. The Labute approximate surface area is 111 Å². The number of amides is 1. The van der Waals surface area contributed by atoms with Gasteiger partial charge in [-0.3, -0.25) is 4.79 Å². The molecule has 0 N–H and O–H groups in total. The van der Waals surface area contributed by atoms with E-state index in [0.29, 0.717) is 25.9 Å². The van der Waals surface area contributed by atoms with Gasteiger partial charge in [0.2, 0.25) is 5.91 Å². The number of nitriles is 1. The minimum Gasteiger partial charge on any atom is -0.338 e. The summed E-state index contributed by atoms with van der Waals surface area (Å²) in [5.74, 6) is -0.0285. The molecule has 18 heavy (non-hydrogen) atoms. The zero-order valence-electron chi connectivity index (χ0n) is 12.3. The van der Waals surface area contributed by atoms with Crippen molar-refractivity contribution in [3.8, 4) is 6.07 Å². The van der Waals surface area contributed by atoms with Crippen molar-refractivity contribution in [1.82, 2.24) is 4.90 Å². The first-order valence-corrected chi connectivity index (χ1v) is 6.82. The van der Waals surface area contributed by atoms with E-state index in [1.54, 1.807) is 4.90 Å². The van der Waals surface area contributed by atoms with Crippen LogP contribution < -0.4 is 0 Å². The molecule has 0 atom stereocenters. The SMILES string of the molecule is C=C(C)CN(CC)C(=O)C(C#N)(CCC)CCC. The lowest BCUT2D eigenvalue weighted by atomic mass is 9.79. The Morgan fingerprint density at radius 1 is 1.28 bits per heavy atom. The number of rotatable bonds is 8. The van der Waals surface area contributed by atoms with Crippen molar-refractivity contribution in [3.63, 3.8) is 0 Å². The van der Waals surface area contributed by atoms with Crippen molar-refractivity contribution in [1.29, 1.82) is 5.26 Å². The Balaban J connectivity index is 5.14. The van der Waals surface area contributed by atoms with Crippen LogP contribution in [-0.2, 0) is 4.79 Å². The molecule has 3 nitrogen and oxygen atoms in total. The lowest BCUT2D eigenvalue weighted by Gasteiger charge is -2.31. The third-order valence-electron chi connectivity index (χ3n) is 3.11. The van der Waals surface area contributed by atoms with Crippen LogP contribution in [0.2, 0.25) is 0 Å². The molecule has 0 aliphatic carbocycles. The molecule has 0 bridgehead atoms. The molecular formula is C15H26N2O. The molecule has 0 aliphatic heterocycles. The first kappa shape index (κ1) is 16.7. The third-order valence-corrected chi connectivity index (χ3v) is 3.11. The van der Waals surface area contributed by atoms with E-state index in [1.807, 2.05) is 27.7 Å². The summed E-state index contributed by atoms with van der Waals surface area (Å²) in [7, 11) is 0. The molecule has 0 aromatic carbocycles. The van der Waals surface area contributed by atoms with Gasteiger partial charge in [0.15, 0.2) is 0 Å². The van der Waals surface area contributed by atoms with E-state index in [1.165, 1.54) is 0 Å². The summed E-state index contributed by atoms with van der Waals surface area (Å²) in [6, 6.07) is 2.28. The fraction of sp³-hybridized carbons (Fsp3) is 0.733.